The molecule has 2 nitrogen and oxygen atoms in total. The van der Waals surface area contributed by atoms with E-state index in [0.29, 0.717) is 0 Å². The van der Waals surface area contributed by atoms with Crippen LogP contribution in [0.15, 0.2) is 24.3 Å². The third kappa shape index (κ3) is 4.45. The van der Waals surface area contributed by atoms with Gasteiger partial charge in [-0.15, -0.1) is 0 Å². The molecule has 0 saturated heterocycles. The second-order valence-electron chi connectivity index (χ2n) is 5.19. The molecule has 0 bridgehead atoms. The third-order valence-corrected chi connectivity index (χ3v) is 4.75. The minimum absolute atomic E-state index is 0.765. The van der Waals surface area contributed by atoms with E-state index < -0.39 is 0 Å². The van der Waals surface area contributed by atoms with E-state index in [4.69, 9.17) is 10.5 Å². The molecule has 100 valence electrons. The van der Waals surface area contributed by atoms with E-state index in [9.17, 15) is 0 Å². The number of nitrogen functional groups attached to an aromatic ring is 1. The van der Waals surface area contributed by atoms with Gasteiger partial charge in [0.1, 0.15) is 5.75 Å². The molecule has 18 heavy (non-hydrogen) atoms. The van der Waals surface area contributed by atoms with Crippen LogP contribution in [0.25, 0.3) is 0 Å². The maximum Gasteiger partial charge on any atom is 0.121 e. The smallest absolute Gasteiger partial charge is 0.121 e. The van der Waals surface area contributed by atoms with Crippen LogP contribution in [0, 0.1) is 5.92 Å². The Kier molecular flexibility index (Phi) is 5.24. The minimum Gasteiger partial charge on any atom is -0.493 e. The van der Waals surface area contributed by atoms with Crippen LogP contribution >= 0.6 is 11.8 Å². The molecule has 0 spiro atoms. The number of hydrogen-bond acceptors (Lipinski definition) is 3. The van der Waals surface area contributed by atoms with Crippen LogP contribution in [-0.2, 0) is 0 Å². The van der Waals surface area contributed by atoms with Crippen molar-refractivity contribution >= 4 is 17.4 Å². The lowest BCUT2D eigenvalue weighted by molar-refractivity contribution is 0.343. The van der Waals surface area contributed by atoms with Gasteiger partial charge >= 0.3 is 0 Å². The molecule has 0 amide bonds. The van der Waals surface area contributed by atoms with E-state index in [1.165, 1.54) is 25.7 Å². The van der Waals surface area contributed by atoms with E-state index in [0.717, 1.165) is 35.0 Å². The van der Waals surface area contributed by atoms with E-state index in [-0.39, 0.29) is 0 Å². The standard InChI is InChI=1S/C15H23NOS/c1-12-4-2-7-15(10-12)18-9-8-17-14-6-3-5-13(16)11-14/h3,5-6,11-12,15H,2,4,7-10,16H2,1H3. The minimum atomic E-state index is 0.765. The first-order valence-electron chi connectivity index (χ1n) is 6.84. The number of ether oxygens (including phenoxy) is 1. The van der Waals surface area contributed by atoms with Gasteiger partial charge in [0.2, 0.25) is 0 Å². The Morgan fingerprint density at radius 1 is 1.39 bits per heavy atom. The Morgan fingerprint density at radius 2 is 2.28 bits per heavy atom. The summed E-state index contributed by atoms with van der Waals surface area (Å²) >= 11 is 2.07. The van der Waals surface area contributed by atoms with Crippen molar-refractivity contribution in [3.63, 3.8) is 0 Å². The number of anilines is 1. The third-order valence-electron chi connectivity index (χ3n) is 3.45. The highest BCUT2D eigenvalue weighted by Crippen LogP contribution is 2.31. The second kappa shape index (κ2) is 6.93. The van der Waals surface area contributed by atoms with Crippen molar-refractivity contribution in [3.05, 3.63) is 24.3 Å². The average molecular weight is 265 g/mol. The van der Waals surface area contributed by atoms with Crippen LogP contribution in [-0.4, -0.2) is 17.6 Å². The zero-order chi connectivity index (χ0) is 12.8. The average Bonchev–Trinajstić information content (AvgIpc) is 2.35. The number of thioether (sulfide) groups is 1. The summed E-state index contributed by atoms with van der Waals surface area (Å²) in [6.45, 7) is 3.15. The van der Waals surface area contributed by atoms with Gasteiger partial charge in [-0.3, -0.25) is 0 Å². The quantitative estimate of drug-likeness (QED) is 0.646. The molecule has 0 aliphatic heterocycles. The Bertz CT molecular complexity index is 369. The maximum absolute atomic E-state index is 5.71. The zero-order valence-electron chi connectivity index (χ0n) is 11.1. The van der Waals surface area contributed by atoms with Gasteiger partial charge in [-0.05, 0) is 30.9 Å². The monoisotopic (exact) mass is 265 g/mol. The van der Waals surface area contributed by atoms with E-state index in [1.807, 2.05) is 24.3 Å². The summed E-state index contributed by atoms with van der Waals surface area (Å²) in [6.07, 6.45) is 5.57. The predicted molar refractivity (Wildman–Crippen MR) is 80.2 cm³/mol. The largest absolute Gasteiger partial charge is 0.493 e. The molecule has 2 rings (SSSR count). The Balaban J connectivity index is 1.64. The molecule has 1 aliphatic rings. The number of hydrogen-bond donors (Lipinski definition) is 1. The maximum atomic E-state index is 5.71. The van der Waals surface area contributed by atoms with Crippen molar-refractivity contribution in [2.75, 3.05) is 18.1 Å². The summed E-state index contributed by atoms with van der Waals surface area (Å²) in [4.78, 5) is 0. The lowest BCUT2D eigenvalue weighted by Crippen LogP contribution is -2.16. The summed E-state index contributed by atoms with van der Waals surface area (Å²) in [7, 11) is 0. The lowest BCUT2D eigenvalue weighted by Gasteiger charge is -2.26. The summed E-state index contributed by atoms with van der Waals surface area (Å²) in [6, 6.07) is 7.66. The molecule has 1 aliphatic carbocycles. The first-order chi connectivity index (χ1) is 8.74. The molecule has 1 saturated carbocycles. The number of rotatable bonds is 5. The van der Waals surface area contributed by atoms with Crippen molar-refractivity contribution in [1.82, 2.24) is 0 Å². The van der Waals surface area contributed by atoms with Crippen LogP contribution in [0.5, 0.6) is 5.75 Å². The lowest BCUT2D eigenvalue weighted by atomic mass is 9.91. The summed E-state index contributed by atoms with van der Waals surface area (Å²) < 4.78 is 5.70. The van der Waals surface area contributed by atoms with Gasteiger partial charge < -0.3 is 10.5 Å². The van der Waals surface area contributed by atoms with Crippen molar-refractivity contribution < 1.29 is 4.74 Å². The fourth-order valence-electron chi connectivity index (χ4n) is 2.51. The van der Waals surface area contributed by atoms with Crippen LogP contribution in [0.1, 0.15) is 32.6 Å². The predicted octanol–water partition coefficient (Wildman–Crippen LogP) is 3.96. The Morgan fingerprint density at radius 3 is 3.06 bits per heavy atom. The summed E-state index contributed by atoms with van der Waals surface area (Å²) in [5.74, 6) is 2.87. The highest BCUT2D eigenvalue weighted by Gasteiger charge is 2.18. The van der Waals surface area contributed by atoms with Gasteiger partial charge in [-0.2, -0.15) is 11.8 Å². The van der Waals surface area contributed by atoms with E-state index >= 15 is 0 Å². The molecule has 0 aromatic heterocycles. The highest BCUT2D eigenvalue weighted by molar-refractivity contribution is 7.99. The molecular formula is C15H23NOS. The fraction of sp³-hybridized carbons (Fsp3) is 0.600. The van der Waals surface area contributed by atoms with Gasteiger partial charge in [0.05, 0.1) is 6.61 Å². The first kappa shape index (κ1) is 13.6. The summed E-state index contributed by atoms with van der Waals surface area (Å²) in [5, 5.41) is 0.846. The van der Waals surface area contributed by atoms with Crippen molar-refractivity contribution in [2.24, 2.45) is 5.92 Å². The van der Waals surface area contributed by atoms with Gasteiger partial charge in [0.25, 0.3) is 0 Å². The van der Waals surface area contributed by atoms with Gasteiger partial charge in [-0.25, -0.2) is 0 Å². The molecule has 1 aromatic carbocycles. The molecule has 1 fully saturated rings. The highest BCUT2D eigenvalue weighted by atomic mass is 32.2. The van der Waals surface area contributed by atoms with Crippen molar-refractivity contribution in [1.29, 1.82) is 0 Å². The van der Waals surface area contributed by atoms with E-state index in [2.05, 4.69) is 18.7 Å². The van der Waals surface area contributed by atoms with Crippen LogP contribution in [0.2, 0.25) is 0 Å². The topological polar surface area (TPSA) is 35.2 Å². The van der Waals surface area contributed by atoms with Gasteiger partial charge in [0, 0.05) is 22.8 Å². The number of nitrogens with two attached hydrogens (primary N) is 1. The molecule has 1 aromatic rings. The van der Waals surface area contributed by atoms with Crippen molar-refractivity contribution in [3.8, 4) is 5.75 Å². The van der Waals surface area contributed by atoms with Crippen LogP contribution in [0.4, 0.5) is 5.69 Å². The molecular weight excluding hydrogens is 242 g/mol. The number of benzene rings is 1. The molecule has 2 unspecified atom stereocenters. The van der Waals surface area contributed by atoms with Gasteiger partial charge in [-0.1, -0.05) is 25.8 Å². The zero-order valence-corrected chi connectivity index (χ0v) is 11.9. The molecule has 2 atom stereocenters. The van der Waals surface area contributed by atoms with E-state index in [1.54, 1.807) is 0 Å². The summed E-state index contributed by atoms with van der Waals surface area (Å²) in [5.41, 5.74) is 6.47. The Labute approximate surface area is 114 Å². The first-order valence-corrected chi connectivity index (χ1v) is 7.89. The molecule has 0 radical (unpaired) electrons. The van der Waals surface area contributed by atoms with Crippen LogP contribution in [0.3, 0.4) is 0 Å². The van der Waals surface area contributed by atoms with Crippen molar-refractivity contribution in [2.45, 2.75) is 37.9 Å². The SMILES string of the molecule is CC1CCCC(SCCOc2cccc(N)c2)C1. The van der Waals surface area contributed by atoms with Crippen LogP contribution < -0.4 is 10.5 Å². The van der Waals surface area contributed by atoms with Gasteiger partial charge in [0.15, 0.2) is 0 Å². The molecule has 3 heteroatoms. The normalized spacial score (nSPS) is 23.8. The molecule has 2 N–H and O–H groups in total. The fourth-order valence-corrected chi connectivity index (χ4v) is 3.82. The second-order valence-corrected chi connectivity index (χ2v) is 6.59. The molecule has 0 heterocycles. The Hall–Kier alpha value is -0.830.